The molecule has 0 aromatic heterocycles. The fraction of sp³-hybridized carbons (Fsp3) is 0.0556. The summed E-state index contributed by atoms with van der Waals surface area (Å²) in [6.07, 6.45) is 9.85. The van der Waals surface area contributed by atoms with E-state index in [9.17, 15) is 0 Å². The van der Waals surface area contributed by atoms with Crippen LogP contribution in [-0.2, 0) is 0 Å². The van der Waals surface area contributed by atoms with Gasteiger partial charge in [0.1, 0.15) is 0 Å². The maximum absolute atomic E-state index is 7.57. The van der Waals surface area contributed by atoms with Gasteiger partial charge in [0.05, 0.1) is 0 Å². The van der Waals surface area contributed by atoms with Crippen LogP contribution in [0, 0.1) is 202 Å². The molecule has 0 aliphatic rings. The summed E-state index contributed by atoms with van der Waals surface area (Å²) in [6, 6.07) is 0. The number of rotatable bonds is 0. The molecule has 158 valence electrons. The van der Waals surface area contributed by atoms with Gasteiger partial charge >= 0.3 is 0 Å². The fourth-order valence-electron chi connectivity index (χ4n) is 0.947. The molecule has 0 spiro atoms. The van der Waals surface area contributed by atoms with Gasteiger partial charge in [0.2, 0.25) is 0 Å². The van der Waals surface area contributed by atoms with Crippen LogP contribution in [0.15, 0.2) is 0 Å². The summed E-state index contributed by atoms with van der Waals surface area (Å²) in [5, 5.41) is 7.57. The van der Waals surface area contributed by atoms with Crippen molar-refractivity contribution in [3.05, 3.63) is 0 Å². The lowest BCUT2D eigenvalue weighted by Gasteiger charge is -1.57. The molecule has 0 rings (SSSR count). The average molecular weight is 456 g/mol. The molecule has 0 saturated carbocycles. The van der Waals surface area contributed by atoms with E-state index in [-0.39, 0.29) is 6.61 Å². The minimum absolute atomic E-state index is 0.250. The maximum Gasteiger partial charge on any atom is 0.0402 e. The van der Waals surface area contributed by atoms with Crippen molar-refractivity contribution in [2.45, 2.75) is 6.92 Å². The second kappa shape index (κ2) is 33.1. The third kappa shape index (κ3) is 36.2. The van der Waals surface area contributed by atoms with Crippen molar-refractivity contribution in [2.24, 2.45) is 0 Å². The fourth-order valence-corrected chi connectivity index (χ4v) is 0.947. The minimum atomic E-state index is 0.250. The van der Waals surface area contributed by atoms with E-state index in [1.807, 2.05) is 0 Å². The van der Waals surface area contributed by atoms with Crippen molar-refractivity contribution >= 4 is 0 Å². The van der Waals surface area contributed by atoms with Crippen LogP contribution in [0.2, 0.25) is 0 Å². The molecule has 0 saturated heterocycles. The number of hydrogen-bond acceptors (Lipinski definition) is 1. The van der Waals surface area contributed by atoms with Crippen LogP contribution in [0.25, 0.3) is 0 Å². The second-order valence-corrected chi connectivity index (χ2v) is 4.35. The lowest BCUT2D eigenvalue weighted by Crippen LogP contribution is -1.57. The molecule has 0 aromatic rings. The molecule has 0 unspecified atom stereocenters. The molecule has 0 atom stereocenters. The smallest absolute Gasteiger partial charge is 0.0402 e. The van der Waals surface area contributed by atoms with Gasteiger partial charge in [-0.1, -0.05) is 0 Å². The van der Waals surface area contributed by atoms with Gasteiger partial charge < -0.3 is 5.11 Å². The highest BCUT2D eigenvalue weighted by Gasteiger charge is 1.60. The summed E-state index contributed by atoms with van der Waals surface area (Å²) >= 11 is 0. The van der Waals surface area contributed by atoms with Gasteiger partial charge in [-0.05, 0) is 102 Å². The van der Waals surface area contributed by atoms with Crippen molar-refractivity contribution in [1.82, 2.24) is 0 Å². The molecule has 0 aliphatic heterocycles. The van der Waals surface area contributed by atoms with Gasteiger partial charge in [0.15, 0.2) is 0 Å². The van der Waals surface area contributed by atoms with Crippen LogP contribution in [0.4, 0.5) is 0 Å². The third-order valence-electron chi connectivity index (χ3n) is 1.96. The van der Waals surface area contributed by atoms with E-state index in [4.69, 9.17) is 18.0 Å². The summed E-state index contributed by atoms with van der Waals surface area (Å²) in [6.45, 7) is 1.93. The lowest BCUT2D eigenvalue weighted by molar-refractivity contribution is 0.318. The summed E-state index contributed by atoms with van der Waals surface area (Å²) in [5.74, 6) is 78.2. The van der Waals surface area contributed by atoms with E-state index in [1.54, 1.807) is 6.92 Å². The van der Waals surface area contributed by atoms with Crippen molar-refractivity contribution < 1.29 is 5.11 Å². The zero-order valence-electron chi connectivity index (χ0n) is 19.3. The van der Waals surface area contributed by atoms with Crippen molar-refractivity contribution in [1.29, 1.82) is 0 Å². The van der Waals surface area contributed by atoms with E-state index < -0.39 is 0 Å². The Morgan fingerprint density at radius 1 is 0.297 bits per heavy atom. The molecule has 1 nitrogen and oxygen atoms in total. The molecule has 0 aliphatic carbocycles. The average Bonchev–Trinajstić information content (AvgIpc) is 2.90. The van der Waals surface area contributed by atoms with Crippen molar-refractivity contribution in [2.75, 3.05) is 6.61 Å². The molecule has 0 aromatic carbocycles. The van der Waals surface area contributed by atoms with Gasteiger partial charge in [0, 0.05) is 101 Å². The highest BCUT2D eigenvalue weighted by molar-refractivity contribution is 5.49. The molecule has 0 bridgehead atoms. The summed E-state index contributed by atoms with van der Waals surface area (Å²) in [4.78, 5) is 0. The van der Waals surface area contributed by atoms with Gasteiger partial charge in [-0.3, -0.25) is 0 Å². The number of hydrogen-bond donors (Lipinski definition) is 1. The zero-order valence-corrected chi connectivity index (χ0v) is 19.3. The first-order valence-electron chi connectivity index (χ1n) is 9.35. The number of aliphatic hydroxyl groups excluding tert-OH is 1. The Kier molecular flexibility index (Phi) is 28.3. The van der Waals surface area contributed by atoms with E-state index >= 15 is 0 Å². The van der Waals surface area contributed by atoms with Crippen LogP contribution in [0.3, 0.4) is 0 Å². The molecular formula is C36H8O. The van der Waals surface area contributed by atoms with E-state index in [0.29, 0.717) is 0 Å². The molecular weight excluding hydrogens is 448 g/mol. The predicted molar refractivity (Wildman–Crippen MR) is 147 cm³/mol. The van der Waals surface area contributed by atoms with Crippen LogP contribution in [0.5, 0.6) is 0 Å². The van der Waals surface area contributed by atoms with Gasteiger partial charge in [-0.25, -0.2) is 0 Å². The summed E-state index contributed by atoms with van der Waals surface area (Å²) in [7, 11) is 0. The molecule has 0 fully saturated rings. The highest BCUT2D eigenvalue weighted by atomic mass is 16.2. The molecule has 37 heavy (non-hydrogen) atoms. The topological polar surface area (TPSA) is 20.2 Å². The Labute approximate surface area is 220 Å². The monoisotopic (exact) mass is 456 g/mol. The van der Waals surface area contributed by atoms with E-state index in [1.165, 1.54) is 0 Å². The normalized spacial score (nSPS) is 4.00. The zero-order chi connectivity index (χ0) is 27.3. The van der Waals surface area contributed by atoms with Crippen LogP contribution in [-0.4, -0.2) is 11.7 Å². The van der Waals surface area contributed by atoms with Gasteiger partial charge in [0.25, 0.3) is 0 Å². The predicted octanol–water partition coefficient (Wildman–Crippen LogP) is 0.302. The molecule has 0 heterocycles. The Morgan fingerprint density at radius 3 is 0.459 bits per heavy atom. The summed E-state index contributed by atoms with van der Waals surface area (Å²) in [5.41, 5.74) is 0. The second-order valence-electron chi connectivity index (χ2n) is 4.35. The third-order valence-corrected chi connectivity index (χ3v) is 1.96. The highest BCUT2D eigenvalue weighted by Crippen LogP contribution is 1.60. The number of terminal acetylenes is 2. The van der Waals surface area contributed by atoms with Crippen LogP contribution >= 0.6 is 0 Å². The Balaban J connectivity index is 0. The van der Waals surface area contributed by atoms with Crippen molar-refractivity contribution in [3.63, 3.8) is 0 Å². The maximum atomic E-state index is 7.57. The molecule has 0 radical (unpaired) electrons. The quantitative estimate of drug-likeness (QED) is 0.521. The van der Waals surface area contributed by atoms with Gasteiger partial charge in [-0.15, -0.1) is 12.8 Å². The molecule has 0 amide bonds. The molecule has 1 N–H and O–H groups in total. The summed E-state index contributed by atoms with van der Waals surface area (Å²) < 4.78 is 0. The van der Waals surface area contributed by atoms with E-state index in [0.717, 1.165) is 0 Å². The van der Waals surface area contributed by atoms with Crippen molar-refractivity contribution in [3.8, 4) is 202 Å². The lowest BCUT2D eigenvalue weighted by atomic mass is 10.4. The van der Waals surface area contributed by atoms with Crippen LogP contribution in [0.1, 0.15) is 6.92 Å². The standard InChI is InChI=1S/C34H2.C2H6O/c1-3-5-7-9-11-13-15-17-19-21-23-25-27-29-31-33-34-32-30-28-26-24-22-20-18-16-14-12-10-8-6-4-2;1-2-3/h1-2H;3H,2H2,1H3. The largest absolute Gasteiger partial charge is 0.397 e. The first-order chi connectivity index (χ1) is 18.3. The Hall–Kier alpha value is -7.52. The Bertz CT molecular complexity index is 1760. The number of aliphatic hydroxyl groups is 1. The minimum Gasteiger partial charge on any atom is -0.397 e. The first-order valence-corrected chi connectivity index (χ1v) is 9.35. The van der Waals surface area contributed by atoms with Crippen LogP contribution < -0.4 is 0 Å². The Morgan fingerprint density at radius 2 is 0.378 bits per heavy atom. The molecule has 1 heteroatoms. The first kappa shape index (κ1) is 31.7. The van der Waals surface area contributed by atoms with Gasteiger partial charge in [-0.2, -0.15) is 0 Å². The SMILES string of the molecule is C#CC#CC#CC#CC#CC#CC#CC#CC#CC#CC#CC#CC#CC#CC#CC#CC#C.CCO. The van der Waals surface area contributed by atoms with E-state index in [2.05, 4.69) is 189 Å².